The zero-order chi connectivity index (χ0) is 16.8. The molecule has 0 aromatic heterocycles. The lowest BCUT2D eigenvalue weighted by molar-refractivity contribution is -0.120. The normalized spacial score (nSPS) is 16.0. The van der Waals surface area contributed by atoms with E-state index in [-0.39, 0.29) is 5.91 Å². The molecule has 3 rings (SSSR count). The van der Waals surface area contributed by atoms with Gasteiger partial charge in [0.05, 0.1) is 13.1 Å². The molecule has 0 bridgehead atoms. The van der Waals surface area contributed by atoms with Gasteiger partial charge in [-0.1, -0.05) is 55.5 Å². The summed E-state index contributed by atoms with van der Waals surface area (Å²) in [5.74, 6) is 0.963. The van der Waals surface area contributed by atoms with Crippen molar-refractivity contribution in [3.63, 3.8) is 0 Å². The van der Waals surface area contributed by atoms with E-state index in [1.807, 2.05) is 53.4 Å². The Morgan fingerprint density at radius 3 is 2.21 bits per heavy atom. The van der Waals surface area contributed by atoms with Crippen LogP contribution in [0.4, 0.5) is 5.69 Å². The average Bonchev–Trinajstić information content (AvgIpc) is 2.63. The molecular formula is C21H26N2O. The molecule has 2 aromatic rings. The first-order valence-corrected chi connectivity index (χ1v) is 8.84. The van der Waals surface area contributed by atoms with E-state index in [4.69, 9.17) is 0 Å². The number of benzene rings is 2. The van der Waals surface area contributed by atoms with Crippen molar-refractivity contribution < 1.29 is 4.79 Å². The van der Waals surface area contributed by atoms with E-state index in [2.05, 4.69) is 24.0 Å². The van der Waals surface area contributed by atoms with E-state index in [0.29, 0.717) is 13.1 Å². The summed E-state index contributed by atoms with van der Waals surface area (Å²) < 4.78 is 0. The molecular weight excluding hydrogens is 296 g/mol. The van der Waals surface area contributed by atoms with Gasteiger partial charge in [-0.3, -0.25) is 9.69 Å². The summed E-state index contributed by atoms with van der Waals surface area (Å²) in [5.41, 5.74) is 2.12. The molecule has 2 aromatic carbocycles. The minimum absolute atomic E-state index is 0.180. The minimum Gasteiger partial charge on any atom is -0.307 e. The van der Waals surface area contributed by atoms with E-state index < -0.39 is 0 Å². The standard InChI is InChI=1S/C21H26N2O/c1-18-12-14-22(15-13-18)17-21(24)23(20-10-6-3-7-11-20)16-19-8-4-2-5-9-19/h2-11,18H,12-17H2,1H3. The monoisotopic (exact) mass is 322 g/mol. The fourth-order valence-corrected chi connectivity index (χ4v) is 3.19. The zero-order valence-electron chi connectivity index (χ0n) is 14.4. The van der Waals surface area contributed by atoms with Crippen LogP contribution in [0.5, 0.6) is 0 Å². The van der Waals surface area contributed by atoms with Gasteiger partial charge in [0.2, 0.25) is 5.91 Å². The van der Waals surface area contributed by atoms with Gasteiger partial charge in [0.1, 0.15) is 0 Å². The number of piperidine rings is 1. The predicted molar refractivity (Wildman–Crippen MR) is 98.9 cm³/mol. The predicted octanol–water partition coefficient (Wildman–Crippen LogP) is 3.95. The van der Waals surface area contributed by atoms with Crippen molar-refractivity contribution in [3.8, 4) is 0 Å². The van der Waals surface area contributed by atoms with Crippen LogP contribution in [-0.4, -0.2) is 30.4 Å². The molecule has 3 heteroatoms. The molecule has 0 N–H and O–H groups in total. The van der Waals surface area contributed by atoms with Crippen molar-refractivity contribution in [3.05, 3.63) is 66.2 Å². The highest BCUT2D eigenvalue weighted by Gasteiger charge is 2.22. The highest BCUT2D eigenvalue weighted by molar-refractivity contribution is 5.94. The van der Waals surface area contributed by atoms with E-state index in [1.165, 1.54) is 12.8 Å². The van der Waals surface area contributed by atoms with E-state index in [9.17, 15) is 4.79 Å². The fraction of sp³-hybridized carbons (Fsp3) is 0.381. The summed E-state index contributed by atoms with van der Waals surface area (Å²) in [7, 11) is 0. The third kappa shape index (κ3) is 4.45. The second-order valence-corrected chi connectivity index (χ2v) is 6.76. The zero-order valence-corrected chi connectivity index (χ0v) is 14.4. The van der Waals surface area contributed by atoms with Crippen molar-refractivity contribution in [2.75, 3.05) is 24.5 Å². The first kappa shape index (κ1) is 16.7. The molecule has 1 aliphatic heterocycles. The number of para-hydroxylation sites is 1. The summed E-state index contributed by atoms with van der Waals surface area (Å²) in [6.45, 7) is 5.48. The molecule has 0 aliphatic carbocycles. The lowest BCUT2D eigenvalue weighted by Crippen LogP contribution is -2.43. The SMILES string of the molecule is CC1CCN(CC(=O)N(Cc2ccccc2)c2ccccc2)CC1. The van der Waals surface area contributed by atoms with Gasteiger partial charge in [0.15, 0.2) is 0 Å². The molecule has 0 radical (unpaired) electrons. The fourth-order valence-electron chi connectivity index (χ4n) is 3.19. The van der Waals surface area contributed by atoms with Crippen LogP contribution in [0.1, 0.15) is 25.3 Å². The Balaban J connectivity index is 1.73. The van der Waals surface area contributed by atoms with Crippen molar-refractivity contribution in [1.82, 2.24) is 4.90 Å². The number of rotatable bonds is 5. The molecule has 1 fully saturated rings. The lowest BCUT2D eigenvalue weighted by Gasteiger charge is -2.32. The Kier molecular flexibility index (Phi) is 5.65. The molecule has 0 saturated carbocycles. The van der Waals surface area contributed by atoms with Crippen LogP contribution in [0.3, 0.4) is 0 Å². The highest BCUT2D eigenvalue weighted by atomic mass is 16.2. The number of amides is 1. The van der Waals surface area contributed by atoms with Crippen molar-refractivity contribution >= 4 is 11.6 Å². The van der Waals surface area contributed by atoms with Crippen molar-refractivity contribution in [2.45, 2.75) is 26.3 Å². The van der Waals surface area contributed by atoms with Crippen LogP contribution in [0, 0.1) is 5.92 Å². The minimum atomic E-state index is 0.180. The van der Waals surface area contributed by atoms with Gasteiger partial charge in [-0.05, 0) is 49.5 Å². The number of carbonyl (C=O) groups is 1. The first-order chi connectivity index (χ1) is 11.7. The number of hydrogen-bond donors (Lipinski definition) is 0. The number of hydrogen-bond acceptors (Lipinski definition) is 2. The second-order valence-electron chi connectivity index (χ2n) is 6.76. The quantitative estimate of drug-likeness (QED) is 0.832. The number of nitrogens with zero attached hydrogens (tertiary/aromatic N) is 2. The molecule has 1 heterocycles. The maximum Gasteiger partial charge on any atom is 0.241 e. The van der Waals surface area contributed by atoms with Crippen LogP contribution in [-0.2, 0) is 11.3 Å². The molecule has 1 saturated heterocycles. The Morgan fingerprint density at radius 1 is 1.00 bits per heavy atom. The number of likely N-dealkylation sites (tertiary alicyclic amines) is 1. The van der Waals surface area contributed by atoms with Crippen LogP contribution >= 0.6 is 0 Å². The summed E-state index contributed by atoms with van der Waals surface area (Å²) in [6.07, 6.45) is 2.38. The topological polar surface area (TPSA) is 23.6 Å². The molecule has 126 valence electrons. The summed E-state index contributed by atoms with van der Waals surface area (Å²) in [5, 5.41) is 0. The number of carbonyl (C=O) groups excluding carboxylic acids is 1. The van der Waals surface area contributed by atoms with E-state index >= 15 is 0 Å². The van der Waals surface area contributed by atoms with E-state index in [1.54, 1.807) is 0 Å². The summed E-state index contributed by atoms with van der Waals surface area (Å²) in [6, 6.07) is 20.2. The van der Waals surface area contributed by atoms with Crippen molar-refractivity contribution in [1.29, 1.82) is 0 Å². The average molecular weight is 322 g/mol. The maximum absolute atomic E-state index is 13.0. The molecule has 0 atom stereocenters. The van der Waals surface area contributed by atoms with E-state index in [0.717, 1.165) is 30.3 Å². The third-order valence-corrected chi connectivity index (χ3v) is 4.79. The van der Waals surface area contributed by atoms with Crippen LogP contribution in [0.15, 0.2) is 60.7 Å². The van der Waals surface area contributed by atoms with Crippen molar-refractivity contribution in [2.24, 2.45) is 5.92 Å². The van der Waals surface area contributed by atoms with Crippen LogP contribution < -0.4 is 4.90 Å². The molecule has 24 heavy (non-hydrogen) atoms. The van der Waals surface area contributed by atoms with Gasteiger partial charge in [-0.15, -0.1) is 0 Å². The molecule has 1 amide bonds. The Labute approximate surface area is 144 Å². The van der Waals surface area contributed by atoms with Gasteiger partial charge in [0, 0.05) is 5.69 Å². The maximum atomic E-state index is 13.0. The smallest absolute Gasteiger partial charge is 0.241 e. The Bertz CT molecular complexity index is 633. The van der Waals surface area contributed by atoms with Gasteiger partial charge >= 0.3 is 0 Å². The van der Waals surface area contributed by atoms with Gasteiger partial charge in [-0.25, -0.2) is 0 Å². The van der Waals surface area contributed by atoms with Crippen LogP contribution in [0.2, 0.25) is 0 Å². The second kappa shape index (κ2) is 8.11. The molecule has 3 nitrogen and oxygen atoms in total. The molecule has 0 spiro atoms. The highest BCUT2D eigenvalue weighted by Crippen LogP contribution is 2.20. The first-order valence-electron chi connectivity index (χ1n) is 8.84. The van der Waals surface area contributed by atoms with Gasteiger partial charge < -0.3 is 4.90 Å². The Morgan fingerprint density at radius 2 is 1.58 bits per heavy atom. The van der Waals surface area contributed by atoms with Gasteiger partial charge in [0.25, 0.3) is 0 Å². The van der Waals surface area contributed by atoms with Crippen LogP contribution in [0.25, 0.3) is 0 Å². The summed E-state index contributed by atoms with van der Waals surface area (Å²) in [4.78, 5) is 17.2. The third-order valence-electron chi connectivity index (χ3n) is 4.79. The molecule has 1 aliphatic rings. The molecule has 0 unspecified atom stereocenters. The summed E-state index contributed by atoms with van der Waals surface area (Å²) >= 11 is 0. The van der Waals surface area contributed by atoms with Gasteiger partial charge in [-0.2, -0.15) is 0 Å². The number of anilines is 1. The lowest BCUT2D eigenvalue weighted by atomic mass is 9.99. The largest absolute Gasteiger partial charge is 0.307 e. The Hall–Kier alpha value is -2.13.